The summed E-state index contributed by atoms with van der Waals surface area (Å²) in [5, 5.41) is 0. The van der Waals surface area contributed by atoms with Gasteiger partial charge in [0, 0.05) is 12.7 Å². The van der Waals surface area contributed by atoms with E-state index in [1.165, 1.54) is 6.08 Å². The van der Waals surface area contributed by atoms with E-state index < -0.39 is 5.83 Å². The lowest BCUT2D eigenvalue weighted by molar-refractivity contribution is 0.141. The Kier molecular flexibility index (Phi) is 6.44. The maximum absolute atomic E-state index is 14.1. The predicted molar refractivity (Wildman–Crippen MR) is 88.7 cm³/mol. The first-order valence-corrected chi connectivity index (χ1v) is 7.00. The molecule has 0 spiro atoms. The Bertz CT molecular complexity index is 603. The lowest BCUT2D eigenvalue weighted by Crippen LogP contribution is -2.13. The molecule has 0 aromatic rings. The Morgan fingerprint density at radius 2 is 1.86 bits per heavy atom. The lowest BCUT2D eigenvalue weighted by Gasteiger charge is -2.20. The van der Waals surface area contributed by atoms with Gasteiger partial charge in [0.15, 0.2) is 0 Å². The molecule has 1 rings (SSSR count). The van der Waals surface area contributed by atoms with Crippen LogP contribution in [-0.4, -0.2) is 13.2 Å². The van der Waals surface area contributed by atoms with E-state index in [2.05, 4.69) is 26.3 Å². The normalized spacial score (nSPS) is 16.5. The van der Waals surface area contributed by atoms with E-state index in [0.717, 1.165) is 5.57 Å². The number of allylic oxidation sites excluding steroid dienone is 9. The largest absolute Gasteiger partial charge is 0.377 e. The first-order chi connectivity index (χ1) is 10.3. The van der Waals surface area contributed by atoms with Gasteiger partial charge in [0.1, 0.15) is 11.7 Å². The number of hydrogen-bond donors (Lipinski definition) is 0. The number of rotatable bonds is 7. The number of methoxy groups -OCH3 is 1. The molecule has 1 atom stereocenters. The average molecular weight is 304 g/mol. The number of hydrogen-bond acceptors (Lipinski definition) is 1. The molecule has 0 radical (unpaired) electrons. The Morgan fingerprint density at radius 3 is 2.36 bits per heavy atom. The van der Waals surface area contributed by atoms with E-state index in [1.54, 1.807) is 19.3 Å². The highest BCUT2D eigenvalue weighted by Crippen LogP contribution is 2.31. The molecule has 1 nitrogen and oxygen atoms in total. The summed E-state index contributed by atoms with van der Waals surface area (Å²) in [5.41, 5.74) is 2.68. The van der Waals surface area contributed by atoms with Gasteiger partial charge < -0.3 is 4.74 Å². The van der Waals surface area contributed by atoms with Crippen molar-refractivity contribution in [3.63, 3.8) is 0 Å². The van der Waals surface area contributed by atoms with Crippen LogP contribution in [0, 0.1) is 0 Å². The van der Waals surface area contributed by atoms with Crippen LogP contribution in [0.15, 0.2) is 84.1 Å². The van der Waals surface area contributed by atoms with Crippen molar-refractivity contribution in [1.82, 2.24) is 0 Å². The van der Waals surface area contributed by atoms with Crippen molar-refractivity contribution >= 4 is 0 Å². The van der Waals surface area contributed by atoms with Crippen molar-refractivity contribution < 1.29 is 13.5 Å². The van der Waals surface area contributed by atoms with Gasteiger partial charge in [-0.1, -0.05) is 38.5 Å². The summed E-state index contributed by atoms with van der Waals surface area (Å²) in [6.45, 7) is 16.2. The quantitative estimate of drug-likeness (QED) is 0.550. The van der Waals surface area contributed by atoms with Crippen molar-refractivity contribution in [2.75, 3.05) is 7.11 Å². The van der Waals surface area contributed by atoms with Crippen molar-refractivity contribution in [3.05, 3.63) is 84.1 Å². The van der Waals surface area contributed by atoms with Gasteiger partial charge in [-0.15, -0.1) is 0 Å². The summed E-state index contributed by atoms with van der Waals surface area (Å²) in [4.78, 5) is 0. The van der Waals surface area contributed by atoms with Crippen LogP contribution in [0.2, 0.25) is 0 Å². The van der Waals surface area contributed by atoms with Gasteiger partial charge in [-0.05, 0) is 48.1 Å². The molecule has 3 heteroatoms. The molecule has 0 saturated carbocycles. The zero-order chi connectivity index (χ0) is 16.9. The first-order valence-electron chi connectivity index (χ1n) is 7.00. The van der Waals surface area contributed by atoms with Crippen LogP contribution in [0.1, 0.15) is 19.8 Å². The molecule has 0 bridgehead atoms. The summed E-state index contributed by atoms with van der Waals surface area (Å²) in [6, 6.07) is 0. The van der Waals surface area contributed by atoms with E-state index >= 15 is 0 Å². The minimum atomic E-state index is -0.621. The van der Waals surface area contributed by atoms with E-state index in [1.807, 2.05) is 6.92 Å². The molecule has 1 aliphatic carbocycles. The maximum Gasteiger partial charge on any atom is 0.125 e. The Morgan fingerprint density at radius 1 is 1.23 bits per heavy atom. The van der Waals surface area contributed by atoms with Crippen LogP contribution in [0.25, 0.3) is 0 Å². The highest BCUT2D eigenvalue weighted by molar-refractivity contribution is 5.50. The van der Waals surface area contributed by atoms with Gasteiger partial charge in [-0.3, -0.25) is 0 Å². The molecule has 118 valence electrons. The zero-order valence-electron chi connectivity index (χ0n) is 13.2. The smallest absolute Gasteiger partial charge is 0.125 e. The van der Waals surface area contributed by atoms with Crippen LogP contribution in [0.3, 0.4) is 0 Å². The second-order valence-corrected chi connectivity index (χ2v) is 5.19. The minimum absolute atomic E-state index is 0.143. The first kappa shape index (κ1) is 18.1. The van der Waals surface area contributed by atoms with Gasteiger partial charge in [0.2, 0.25) is 0 Å². The third kappa shape index (κ3) is 4.50. The summed E-state index contributed by atoms with van der Waals surface area (Å²) >= 11 is 0. The molecule has 0 aromatic heterocycles. The topological polar surface area (TPSA) is 9.23 Å². The second kappa shape index (κ2) is 7.85. The molecular weight excluding hydrogens is 282 g/mol. The van der Waals surface area contributed by atoms with Gasteiger partial charge >= 0.3 is 0 Å². The van der Waals surface area contributed by atoms with E-state index in [4.69, 9.17) is 4.74 Å². The fourth-order valence-corrected chi connectivity index (χ4v) is 2.08. The Labute approximate surface area is 131 Å². The van der Waals surface area contributed by atoms with Crippen LogP contribution in [0.4, 0.5) is 8.78 Å². The fraction of sp³-hybridized carbons (Fsp3) is 0.263. The molecule has 0 aliphatic heterocycles. The molecule has 1 aliphatic rings. The van der Waals surface area contributed by atoms with Crippen molar-refractivity contribution in [3.8, 4) is 0 Å². The van der Waals surface area contributed by atoms with Crippen LogP contribution >= 0.6 is 0 Å². The monoisotopic (exact) mass is 304 g/mol. The summed E-state index contributed by atoms with van der Waals surface area (Å²) in [6.07, 6.45) is 5.80. The van der Waals surface area contributed by atoms with E-state index in [0.29, 0.717) is 29.6 Å². The molecular formula is C19H22F2O. The standard InChI is InChI=1S/C19H22F2O/c1-12(14(3)15(4)20)7-8-13(2)17-9-10-18(16(5)22-6)19(21)11-17/h7-8,11,16H,1-4,9-10H2,5-6H3/b8-7-. The number of halogens is 2. The Balaban J connectivity index is 2.84. The summed E-state index contributed by atoms with van der Waals surface area (Å²) in [7, 11) is 1.56. The van der Waals surface area contributed by atoms with E-state index in [-0.39, 0.29) is 17.5 Å². The molecule has 1 unspecified atom stereocenters. The SMILES string of the molecule is C=C(F)C(=C)C(=C)/C=C\C(=C)C1=CC(F)=C(C(C)OC)CC1. The average Bonchev–Trinajstić information content (AvgIpc) is 2.50. The van der Waals surface area contributed by atoms with E-state index in [9.17, 15) is 8.78 Å². The van der Waals surface area contributed by atoms with Crippen LogP contribution in [-0.2, 0) is 4.74 Å². The zero-order valence-corrected chi connectivity index (χ0v) is 13.2. The summed E-state index contributed by atoms with van der Waals surface area (Å²) < 4.78 is 32.2. The van der Waals surface area contributed by atoms with Gasteiger partial charge in [0.05, 0.1) is 6.10 Å². The summed E-state index contributed by atoms with van der Waals surface area (Å²) in [5.74, 6) is -0.894. The van der Waals surface area contributed by atoms with Crippen LogP contribution in [0.5, 0.6) is 0 Å². The molecule has 0 fully saturated rings. The predicted octanol–water partition coefficient (Wildman–Crippen LogP) is 5.67. The molecule has 0 aromatic carbocycles. The minimum Gasteiger partial charge on any atom is -0.377 e. The molecule has 22 heavy (non-hydrogen) atoms. The maximum atomic E-state index is 14.1. The highest BCUT2D eigenvalue weighted by Gasteiger charge is 2.19. The lowest BCUT2D eigenvalue weighted by atomic mass is 9.90. The molecule has 0 amide bonds. The van der Waals surface area contributed by atoms with Crippen LogP contribution < -0.4 is 0 Å². The van der Waals surface area contributed by atoms with Crippen molar-refractivity contribution in [1.29, 1.82) is 0 Å². The van der Waals surface area contributed by atoms with Gasteiger partial charge in [0.25, 0.3) is 0 Å². The van der Waals surface area contributed by atoms with Crippen molar-refractivity contribution in [2.45, 2.75) is 25.9 Å². The molecule has 0 N–H and O–H groups in total. The molecule has 0 heterocycles. The third-order valence-corrected chi connectivity index (χ3v) is 3.73. The van der Waals surface area contributed by atoms with Crippen molar-refractivity contribution in [2.24, 2.45) is 0 Å². The fourth-order valence-electron chi connectivity index (χ4n) is 2.08. The highest BCUT2D eigenvalue weighted by atomic mass is 19.1. The third-order valence-electron chi connectivity index (χ3n) is 3.73. The number of ether oxygens (including phenoxy) is 1. The second-order valence-electron chi connectivity index (χ2n) is 5.19. The molecule has 0 saturated heterocycles. The van der Waals surface area contributed by atoms with Gasteiger partial charge in [-0.25, -0.2) is 8.78 Å². The van der Waals surface area contributed by atoms with Gasteiger partial charge in [-0.2, -0.15) is 0 Å². The Hall–Kier alpha value is -2.00.